The standard InChI is InChI=1S/C21H31N7O2.HI/c1-15-25-26-19(28(15)4)14-24-21(23-13-18-6-5-11-30-18)22-12-16-7-9-17(10-8-16)20(29)27(2)3;/h7-10,18H,5-6,11-14H2,1-4H3,(H2,22,23,24);1H. The Morgan fingerprint density at radius 2 is 2.00 bits per heavy atom. The minimum absolute atomic E-state index is 0. The number of halogens is 1. The van der Waals surface area contributed by atoms with Gasteiger partial charge in [-0.25, -0.2) is 4.99 Å². The van der Waals surface area contributed by atoms with Crippen molar-refractivity contribution >= 4 is 35.8 Å². The molecule has 0 saturated carbocycles. The fraction of sp³-hybridized carbons (Fsp3) is 0.524. The summed E-state index contributed by atoms with van der Waals surface area (Å²) in [7, 11) is 5.44. The van der Waals surface area contributed by atoms with E-state index in [1.807, 2.05) is 42.8 Å². The maximum atomic E-state index is 12.0. The number of nitrogens with zero attached hydrogens (tertiary/aromatic N) is 5. The molecule has 1 unspecified atom stereocenters. The number of carbonyl (C=O) groups is 1. The van der Waals surface area contributed by atoms with Crippen LogP contribution >= 0.6 is 24.0 Å². The largest absolute Gasteiger partial charge is 0.376 e. The van der Waals surface area contributed by atoms with E-state index in [4.69, 9.17) is 9.73 Å². The van der Waals surface area contributed by atoms with Gasteiger partial charge in [0.05, 0.1) is 19.2 Å². The Balaban J connectivity index is 0.00000341. The predicted molar refractivity (Wildman–Crippen MR) is 131 cm³/mol. The highest BCUT2D eigenvalue weighted by molar-refractivity contribution is 14.0. The van der Waals surface area contributed by atoms with E-state index in [0.29, 0.717) is 31.2 Å². The first-order valence-corrected chi connectivity index (χ1v) is 10.2. The molecule has 2 aromatic rings. The minimum Gasteiger partial charge on any atom is -0.376 e. The molecule has 31 heavy (non-hydrogen) atoms. The molecule has 9 nitrogen and oxygen atoms in total. The van der Waals surface area contributed by atoms with Crippen LogP contribution in [0.15, 0.2) is 29.3 Å². The highest BCUT2D eigenvalue weighted by Crippen LogP contribution is 2.11. The van der Waals surface area contributed by atoms with Crippen LogP contribution in [0.4, 0.5) is 0 Å². The lowest BCUT2D eigenvalue weighted by Gasteiger charge is -2.15. The maximum absolute atomic E-state index is 12.0. The van der Waals surface area contributed by atoms with E-state index in [-0.39, 0.29) is 36.0 Å². The summed E-state index contributed by atoms with van der Waals surface area (Å²) in [5.41, 5.74) is 1.69. The molecule has 0 bridgehead atoms. The number of ether oxygens (including phenoxy) is 1. The smallest absolute Gasteiger partial charge is 0.253 e. The van der Waals surface area contributed by atoms with Crippen LogP contribution in [-0.4, -0.2) is 64.9 Å². The summed E-state index contributed by atoms with van der Waals surface area (Å²) in [6.07, 6.45) is 2.37. The minimum atomic E-state index is -0.00962. The van der Waals surface area contributed by atoms with Gasteiger partial charge in [0.1, 0.15) is 5.82 Å². The molecular formula is C21H32IN7O2. The number of hydrogen-bond acceptors (Lipinski definition) is 5. The van der Waals surface area contributed by atoms with E-state index in [2.05, 4.69) is 20.8 Å². The molecule has 3 rings (SSSR count). The van der Waals surface area contributed by atoms with Crippen molar-refractivity contribution in [2.75, 3.05) is 27.2 Å². The monoisotopic (exact) mass is 541 g/mol. The van der Waals surface area contributed by atoms with Crippen LogP contribution in [0.5, 0.6) is 0 Å². The van der Waals surface area contributed by atoms with Crippen molar-refractivity contribution in [3.05, 3.63) is 47.0 Å². The number of amides is 1. The van der Waals surface area contributed by atoms with Gasteiger partial charge in [-0.15, -0.1) is 34.2 Å². The topological polar surface area (TPSA) is 96.7 Å². The Kier molecular flexibility index (Phi) is 9.69. The number of carbonyl (C=O) groups excluding carboxylic acids is 1. The molecule has 1 aliphatic heterocycles. The molecule has 0 spiro atoms. The number of nitrogens with one attached hydrogen (secondary N) is 2. The summed E-state index contributed by atoms with van der Waals surface area (Å²) >= 11 is 0. The van der Waals surface area contributed by atoms with Gasteiger partial charge in [-0.2, -0.15) is 0 Å². The van der Waals surface area contributed by atoms with E-state index in [1.54, 1.807) is 19.0 Å². The molecule has 2 heterocycles. The Hall–Kier alpha value is -2.21. The number of aromatic nitrogens is 3. The summed E-state index contributed by atoms with van der Waals surface area (Å²) in [4.78, 5) is 18.3. The maximum Gasteiger partial charge on any atom is 0.253 e. The lowest BCUT2D eigenvalue weighted by Crippen LogP contribution is -2.41. The van der Waals surface area contributed by atoms with Gasteiger partial charge in [-0.05, 0) is 37.5 Å². The molecule has 1 aromatic carbocycles. The summed E-state index contributed by atoms with van der Waals surface area (Å²) in [5, 5.41) is 15.0. The van der Waals surface area contributed by atoms with Gasteiger partial charge in [0.15, 0.2) is 11.8 Å². The van der Waals surface area contributed by atoms with Gasteiger partial charge < -0.3 is 24.8 Å². The number of aryl methyl sites for hydroxylation is 1. The normalized spacial score (nSPS) is 16.0. The van der Waals surface area contributed by atoms with Crippen molar-refractivity contribution in [1.29, 1.82) is 0 Å². The van der Waals surface area contributed by atoms with Crippen molar-refractivity contribution in [2.45, 2.75) is 39.0 Å². The van der Waals surface area contributed by atoms with E-state index < -0.39 is 0 Å². The van der Waals surface area contributed by atoms with Gasteiger partial charge in [-0.3, -0.25) is 4.79 Å². The van der Waals surface area contributed by atoms with Crippen molar-refractivity contribution in [3.8, 4) is 0 Å². The zero-order chi connectivity index (χ0) is 21.5. The first-order valence-electron chi connectivity index (χ1n) is 10.2. The zero-order valence-electron chi connectivity index (χ0n) is 18.6. The van der Waals surface area contributed by atoms with E-state index in [0.717, 1.165) is 36.7 Å². The zero-order valence-corrected chi connectivity index (χ0v) is 20.9. The second-order valence-corrected chi connectivity index (χ2v) is 7.65. The number of rotatable bonds is 7. The molecule has 10 heteroatoms. The third-order valence-electron chi connectivity index (χ3n) is 5.14. The van der Waals surface area contributed by atoms with Crippen molar-refractivity contribution < 1.29 is 9.53 Å². The second kappa shape index (κ2) is 12.0. The summed E-state index contributed by atoms with van der Waals surface area (Å²) in [6, 6.07) is 7.54. The quantitative estimate of drug-likeness (QED) is 0.316. The SMILES string of the molecule is Cc1nnc(CNC(=NCc2ccc(C(=O)N(C)C)cc2)NCC2CCCO2)n1C.I. The van der Waals surface area contributed by atoms with Gasteiger partial charge in [0, 0.05) is 39.9 Å². The Labute approximate surface area is 200 Å². The highest BCUT2D eigenvalue weighted by atomic mass is 127. The summed E-state index contributed by atoms with van der Waals surface area (Å²) in [5.74, 6) is 2.39. The molecule has 170 valence electrons. The van der Waals surface area contributed by atoms with Gasteiger partial charge in [0.25, 0.3) is 5.91 Å². The van der Waals surface area contributed by atoms with Crippen LogP contribution in [-0.2, 0) is 24.9 Å². The second-order valence-electron chi connectivity index (χ2n) is 7.65. The molecule has 1 fully saturated rings. The van der Waals surface area contributed by atoms with Gasteiger partial charge in [-0.1, -0.05) is 12.1 Å². The van der Waals surface area contributed by atoms with Gasteiger partial charge >= 0.3 is 0 Å². The van der Waals surface area contributed by atoms with Gasteiger partial charge in [0.2, 0.25) is 0 Å². The molecular weight excluding hydrogens is 509 g/mol. The fourth-order valence-electron chi connectivity index (χ4n) is 3.14. The van der Waals surface area contributed by atoms with Crippen LogP contribution in [0.1, 0.15) is 40.4 Å². The van der Waals surface area contributed by atoms with E-state index in [9.17, 15) is 4.79 Å². The molecule has 1 saturated heterocycles. The Morgan fingerprint density at radius 1 is 1.26 bits per heavy atom. The van der Waals surface area contributed by atoms with Crippen LogP contribution in [0, 0.1) is 6.92 Å². The van der Waals surface area contributed by atoms with E-state index in [1.165, 1.54) is 0 Å². The number of hydrogen-bond donors (Lipinski definition) is 2. The first-order chi connectivity index (χ1) is 14.4. The van der Waals surface area contributed by atoms with E-state index >= 15 is 0 Å². The summed E-state index contributed by atoms with van der Waals surface area (Å²) in [6.45, 7) is 4.47. The molecule has 1 amide bonds. The molecule has 1 atom stereocenters. The van der Waals surface area contributed by atoms with Crippen molar-refractivity contribution in [1.82, 2.24) is 30.3 Å². The third-order valence-corrected chi connectivity index (χ3v) is 5.14. The average molecular weight is 541 g/mol. The predicted octanol–water partition coefficient (Wildman–Crippen LogP) is 1.86. The summed E-state index contributed by atoms with van der Waals surface area (Å²) < 4.78 is 7.65. The van der Waals surface area contributed by atoms with Crippen LogP contribution < -0.4 is 10.6 Å². The molecule has 0 radical (unpaired) electrons. The first kappa shape index (κ1) is 25.1. The van der Waals surface area contributed by atoms with Crippen molar-refractivity contribution in [3.63, 3.8) is 0 Å². The van der Waals surface area contributed by atoms with Crippen molar-refractivity contribution in [2.24, 2.45) is 12.0 Å². The number of aliphatic imine (C=N–C) groups is 1. The molecule has 0 aliphatic carbocycles. The van der Waals surface area contributed by atoms with Crippen LogP contribution in [0.25, 0.3) is 0 Å². The van der Waals surface area contributed by atoms with Crippen LogP contribution in [0.2, 0.25) is 0 Å². The fourth-order valence-corrected chi connectivity index (χ4v) is 3.14. The lowest BCUT2D eigenvalue weighted by molar-refractivity contribution is 0.0827. The average Bonchev–Trinajstić information content (AvgIpc) is 3.38. The van der Waals surface area contributed by atoms with Crippen LogP contribution in [0.3, 0.4) is 0 Å². The molecule has 1 aliphatic rings. The molecule has 2 N–H and O–H groups in total. The Bertz CT molecular complexity index is 874. The number of benzene rings is 1. The highest BCUT2D eigenvalue weighted by Gasteiger charge is 2.16. The Morgan fingerprint density at radius 3 is 2.58 bits per heavy atom. The number of guanidine groups is 1. The lowest BCUT2D eigenvalue weighted by atomic mass is 10.1. The third kappa shape index (κ3) is 7.17. The molecule has 1 aromatic heterocycles.